The van der Waals surface area contributed by atoms with Gasteiger partial charge in [0, 0.05) is 0 Å². The maximum Gasteiger partial charge on any atom is 0.320 e. The van der Waals surface area contributed by atoms with E-state index in [1.165, 1.54) is 19.3 Å². The second kappa shape index (κ2) is 6.89. The summed E-state index contributed by atoms with van der Waals surface area (Å²) < 4.78 is 0. The first-order valence-corrected chi connectivity index (χ1v) is 5.06. The van der Waals surface area contributed by atoms with Gasteiger partial charge in [0.15, 0.2) is 0 Å². The van der Waals surface area contributed by atoms with Gasteiger partial charge in [0.2, 0.25) is 0 Å². The molecule has 0 radical (unpaired) electrons. The van der Waals surface area contributed by atoms with Gasteiger partial charge in [-0.05, 0) is 12.3 Å². The van der Waals surface area contributed by atoms with Crippen molar-refractivity contribution in [2.24, 2.45) is 11.7 Å². The summed E-state index contributed by atoms with van der Waals surface area (Å²) in [7, 11) is 0. The normalized spacial score (nSPS) is 15.3. The van der Waals surface area contributed by atoms with Gasteiger partial charge in [-0.25, -0.2) is 0 Å². The van der Waals surface area contributed by atoms with Gasteiger partial charge >= 0.3 is 5.97 Å². The Hall–Kier alpha value is -0.570. The molecule has 0 aromatic rings. The van der Waals surface area contributed by atoms with E-state index in [1.807, 2.05) is 0 Å². The van der Waals surface area contributed by atoms with Gasteiger partial charge in [-0.2, -0.15) is 0 Å². The highest BCUT2D eigenvalue weighted by Crippen LogP contribution is 2.14. The molecule has 0 saturated heterocycles. The minimum absolute atomic E-state index is 0.428. The Bertz CT molecular complexity index is 148. The molecule has 0 aliphatic rings. The van der Waals surface area contributed by atoms with Crippen molar-refractivity contribution < 1.29 is 9.90 Å². The first-order chi connectivity index (χ1) is 6.07. The molecule has 0 heterocycles. The zero-order chi connectivity index (χ0) is 10.3. The predicted molar refractivity (Wildman–Crippen MR) is 53.5 cm³/mol. The highest BCUT2D eigenvalue weighted by Gasteiger charge is 2.14. The van der Waals surface area contributed by atoms with Crippen LogP contribution in [-0.4, -0.2) is 17.1 Å². The van der Waals surface area contributed by atoms with Crippen molar-refractivity contribution in [1.82, 2.24) is 0 Å². The highest BCUT2D eigenvalue weighted by atomic mass is 16.4. The van der Waals surface area contributed by atoms with Crippen molar-refractivity contribution in [3.63, 3.8) is 0 Å². The van der Waals surface area contributed by atoms with E-state index < -0.39 is 12.0 Å². The molecule has 13 heavy (non-hydrogen) atoms. The monoisotopic (exact) mass is 187 g/mol. The number of carboxylic acids is 1. The molecule has 3 nitrogen and oxygen atoms in total. The largest absolute Gasteiger partial charge is 0.480 e. The topological polar surface area (TPSA) is 63.3 Å². The molecular weight excluding hydrogens is 166 g/mol. The number of unbranched alkanes of at least 4 members (excludes halogenated alkanes) is 2. The number of nitrogens with two attached hydrogens (primary N) is 1. The van der Waals surface area contributed by atoms with E-state index in [1.54, 1.807) is 0 Å². The van der Waals surface area contributed by atoms with Crippen molar-refractivity contribution in [2.45, 2.75) is 52.0 Å². The van der Waals surface area contributed by atoms with E-state index in [2.05, 4.69) is 13.8 Å². The Morgan fingerprint density at radius 1 is 1.46 bits per heavy atom. The third-order valence-corrected chi connectivity index (χ3v) is 2.27. The number of hydrogen-bond donors (Lipinski definition) is 2. The van der Waals surface area contributed by atoms with Gasteiger partial charge in [0.1, 0.15) is 6.04 Å². The summed E-state index contributed by atoms with van der Waals surface area (Å²) >= 11 is 0. The molecule has 0 amide bonds. The second-order valence-corrected chi connectivity index (χ2v) is 3.78. The quantitative estimate of drug-likeness (QED) is 0.599. The molecule has 0 aliphatic carbocycles. The van der Waals surface area contributed by atoms with Gasteiger partial charge in [0.25, 0.3) is 0 Å². The van der Waals surface area contributed by atoms with E-state index in [9.17, 15) is 4.79 Å². The van der Waals surface area contributed by atoms with Crippen molar-refractivity contribution in [3.05, 3.63) is 0 Å². The zero-order valence-corrected chi connectivity index (χ0v) is 8.62. The van der Waals surface area contributed by atoms with Crippen LogP contribution < -0.4 is 5.73 Å². The third-order valence-electron chi connectivity index (χ3n) is 2.27. The van der Waals surface area contributed by atoms with E-state index >= 15 is 0 Å². The maximum absolute atomic E-state index is 10.4. The lowest BCUT2D eigenvalue weighted by Gasteiger charge is -2.13. The molecule has 0 saturated carbocycles. The summed E-state index contributed by atoms with van der Waals surface area (Å²) in [5.74, 6) is -0.458. The van der Waals surface area contributed by atoms with E-state index in [-0.39, 0.29) is 0 Å². The van der Waals surface area contributed by atoms with Crippen LogP contribution in [0.5, 0.6) is 0 Å². The summed E-state index contributed by atoms with van der Waals surface area (Å²) in [6, 6.07) is -0.684. The maximum atomic E-state index is 10.4. The Morgan fingerprint density at radius 3 is 2.54 bits per heavy atom. The van der Waals surface area contributed by atoms with Gasteiger partial charge in [-0.1, -0.05) is 39.5 Å². The molecule has 0 rings (SSSR count). The molecule has 3 heteroatoms. The van der Waals surface area contributed by atoms with Gasteiger partial charge in [-0.15, -0.1) is 0 Å². The van der Waals surface area contributed by atoms with Crippen molar-refractivity contribution in [1.29, 1.82) is 0 Å². The minimum Gasteiger partial charge on any atom is -0.480 e. The molecule has 3 N–H and O–H groups in total. The Kier molecular flexibility index (Phi) is 6.59. The summed E-state index contributed by atoms with van der Waals surface area (Å²) in [4.78, 5) is 10.4. The Balaban J connectivity index is 3.49. The van der Waals surface area contributed by atoms with E-state index in [0.717, 1.165) is 6.42 Å². The van der Waals surface area contributed by atoms with Gasteiger partial charge < -0.3 is 10.8 Å². The second-order valence-electron chi connectivity index (χ2n) is 3.78. The summed E-state index contributed by atoms with van der Waals surface area (Å²) in [6.07, 6.45) is 5.31. The van der Waals surface area contributed by atoms with Crippen LogP contribution in [-0.2, 0) is 4.79 Å². The minimum atomic E-state index is -0.887. The van der Waals surface area contributed by atoms with Crippen LogP contribution >= 0.6 is 0 Å². The first-order valence-electron chi connectivity index (χ1n) is 5.06. The van der Waals surface area contributed by atoms with E-state index in [4.69, 9.17) is 10.8 Å². The molecule has 2 atom stereocenters. The summed E-state index contributed by atoms with van der Waals surface area (Å²) in [6.45, 7) is 4.23. The van der Waals surface area contributed by atoms with Crippen LogP contribution in [0.15, 0.2) is 0 Å². The first kappa shape index (κ1) is 12.4. The van der Waals surface area contributed by atoms with Crippen molar-refractivity contribution in [2.75, 3.05) is 0 Å². The molecule has 0 fully saturated rings. The lowest BCUT2D eigenvalue weighted by Crippen LogP contribution is -2.31. The number of aliphatic carboxylic acids is 1. The van der Waals surface area contributed by atoms with Gasteiger partial charge in [0.05, 0.1) is 0 Å². The number of hydrogen-bond acceptors (Lipinski definition) is 2. The predicted octanol–water partition coefficient (Wildman–Crippen LogP) is 2.00. The van der Waals surface area contributed by atoms with Crippen molar-refractivity contribution in [3.8, 4) is 0 Å². The average Bonchev–Trinajstić information content (AvgIpc) is 2.04. The molecular formula is C10H21NO2. The molecule has 0 unspecified atom stereocenters. The van der Waals surface area contributed by atoms with Crippen LogP contribution in [0.25, 0.3) is 0 Å². The molecule has 0 aromatic heterocycles. The standard InChI is InChI=1S/C10H21NO2/c1-3-4-5-6-8(2)7-9(11)10(12)13/h8-9H,3-7,11H2,1-2H3,(H,12,13)/t8-,9-/m1/s1. The summed E-state index contributed by atoms with van der Waals surface area (Å²) in [5, 5.41) is 8.58. The zero-order valence-electron chi connectivity index (χ0n) is 8.62. The smallest absolute Gasteiger partial charge is 0.320 e. The number of rotatable bonds is 7. The SMILES string of the molecule is CCCCC[C@@H](C)C[C@@H](N)C(=O)O. The summed E-state index contributed by atoms with van der Waals surface area (Å²) in [5.41, 5.74) is 5.42. The molecule has 78 valence electrons. The van der Waals surface area contributed by atoms with Crippen molar-refractivity contribution >= 4 is 5.97 Å². The number of carboxylic acid groups (broad SMARTS) is 1. The molecule has 0 aliphatic heterocycles. The average molecular weight is 187 g/mol. The number of carbonyl (C=O) groups is 1. The fraction of sp³-hybridized carbons (Fsp3) is 0.900. The molecule has 0 spiro atoms. The lowest BCUT2D eigenvalue weighted by atomic mass is 9.96. The van der Waals surface area contributed by atoms with Crippen LogP contribution in [0, 0.1) is 5.92 Å². The Labute approximate surface area is 80.3 Å². The Morgan fingerprint density at radius 2 is 2.08 bits per heavy atom. The third kappa shape index (κ3) is 6.58. The van der Waals surface area contributed by atoms with Crippen LogP contribution in [0.1, 0.15) is 46.0 Å². The van der Waals surface area contributed by atoms with Crippen LogP contribution in [0.3, 0.4) is 0 Å². The molecule has 0 bridgehead atoms. The van der Waals surface area contributed by atoms with Crippen LogP contribution in [0.2, 0.25) is 0 Å². The highest BCUT2D eigenvalue weighted by molar-refractivity contribution is 5.72. The van der Waals surface area contributed by atoms with Crippen LogP contribution in [0.4, 0.5) is 0 Å². The fourth-order valence-electron chi connectivity index (χ4n) is 1.39. The fourth-order valence-corrected chi connectivity index (χ4v) is 1.39. The molecule has 0 aromatic carbocycles. The van der Waals surface area contributed by atoms with Gasteiger partial charge in [-0.3, -0.25) is 4.79 Å². The van der Waals surface area contributed by atoms with E-state index in [0.29, 0.717) is 12.3 Å². The lowest BCUT2D eigenvalue weighted by molar-refractivity contribution is -0.138.